The number of carbonyl (C=O) groups is 1. The summed E-state index contributed by atoms with van der Waals surface area (Å²) in [6.07, 6.45) is 0.646. The molecule has 0 aliphatic heterocycles. The van der Waals surface area contributed by atoms with E-state index >= 15 is 0 Å². The van der Waals surface area contributed by atoms with Gasteiger partial charge in [-0.3, -0.25) is 9.36 Å². The quantitative estimate of drug-likeness (QED) is 0.483. The Hall–Kier alpha value is -2.90. The summed E-state index contributed by atoms with van der Waals surface area (Å²) < 4.78 is 6.81. The lowest BCUT2D eigenvalue weighted by Crippen LogP contribution is -2.41. The zero-order valence-corrected chi connectivity index (χ0v) is 19.6. The van der Waals surface area contributed by atoms with Crippen molar-refractivity contribution in [3.63, 3.8) is 0 Å². The fourth-order valence-corrected chi connectivity index (χ4v) is 3.85. The third-order valence-corrected chi connectivity index (χ3v) is 5.89. The highest BCUT2D eigenvalue weighted by Crippen LogP contribution is 2.24. The van der Waals surface area contributed by atoms with Gasteiger partial charge in [0.1, 0.15) is 5.82 Å². The van der Waals surface area contributed by atoms with Gasteiger partial charge in [-0.2, -0.15) is 0 Å². The first-order chi connectivity index (χ1) is 15.4. The maximum absolute atomic E-state index is 13.3. The fourth-order valence-electron chi connectivity index (χ4n) is 3.67. The number of nitrogens with zero attached hydrogens (tertiary/aromatic N) is 3. The van der Waals surface area contributed by atoms with Crippen LogP contribution in [0.25, 0.3) is 10.9 Å². The van der Waals surface area contributed by atoms with Gasteiger partial charge in [0.15, 0.2) is 0 Å². The van der Waals surface area contributed by atoms with Gasteiger partial charge < -0.3 is 15.0 Å². The molecular weight excluding hydrogens is 428 g/mol. The number of rotatable bonds is 8. The van der Waals surface area contributed by atoms with E-state index in [0.717, 1.165) is 5.56 Å². The summed E-state index contributed by atoms with van der Waals surface area (Å²) >= 11 is 6.22. The Kier molecular flexibility index (Phi) is 7.88. The van der Waals surface area contributed by atoms with Gasteiger partial charge in [0.2, 0.25) is 0 Å². The highest BCUT2D eigenvalue weighted by atomic mass is 35.5. The predicted molar refractivity (Wildman–Crippen MR) is 128 cm³/mol. The van der Waals surface area contributed by atoms with Crippen molar-refractivity contribution in [3.8, 4) is 0 Å². The third-order valence-electron chi connectivity index (χ3n) is 5.48. The minimum Gasteiger partial charge on any atom is -0.385 e. The minimum atomic E-state index is -0.440. The summed E-state index contributed by atoms with van der Waals surface area (Å²) in [6.45, 7) is 7.10. The minimum absolute atomic E-state index is 0.109. The number of aryl methyl sites for hydroxylation is 1. The molecule has 1 unspecified atom stereocenters. The molecule has 0 fully saturated rings. The van der Waals surface area contributed by atoms with Crippen LogP contribution in [0.4, 0.5) is 10.5 Å². The first-order valence-corrected chi connectivity index (χ1v) is 11.1. The van der Waals surface area contributed by atoms with Crippen molar-refractivity contribution in [2.24, 2.45) is 0 Å². The van der Waals surface area contributed by atoms with Crippen molar-refractivity contribution >= 4 is 34.2 Å². The lowest BCUT2D eigenvalue weighted by molar-refractivity contribution is 0.158. The van der Waals surface area contributed by atoms with Crippen LogP contribution in [0, 0.1) is 6.92 Å². The van der Waals surface area contributed by atoms with Gasteiger partial charge in [-0.1, -0.05) is 29.8 Å². The second kappa shape index (κ2) is 10.6. The molecule has 0 radical (unpaired) electrons. The molecular formula is C24H29ClN4O3. The molecule has 2 aromatic carbocycles. The Morgan fingerprint density at radius 3 is 2.72 bits per heavy atom. The second-order valence-corrected chi connectivity index (χ2v) is 8.05. The van der Waals surface area contributed by atoms with E-state index in [1.54, 1.807) is 28.7 Å². The Labute approximate surface area is 193 Å². The SMILES string of the molecule is CCn1c(C(C)N(CCCOC)C(=O)Nc2ccc(C)c(Cl)c2)nc2ccccc2c1=O. The molecule has 0 saturated heterocycles. The van der Waals surface area contributed by atoms with Gasteiger partial charge in [0.05, 0.1) is 16.9 Å². The van der Waals surface area contributed by atoms with Crippen molar-refractivity contribution < 1.29 is 9.53 Å². The normalized spacial score (nSPS) is 12.0. The van der Waals surface area contributed by atoms with Gasteiger partial charge >= 0.3 is 6.03 Å². The molecule has 0 aliphatic rings. The van der Waals surface area contributed by atoms with Crippen molar-refractivity contribution in [2.75, 3.05) is 25.6 Å². The second-order valence-electron chi connectivity index (χ2n) is 7.65. The van der Waals surface area contributed by atoms with Crippen LogP contribution in [0.3, 0.4) is 0 Å². The lowest BCUT2D eigenvalue weighted by Gasteiger charge is -2.30. The number of aromatic nitrogens is 2. The number of ether oxygens (including phenoxy) is 1. The van der Waals surface area contributed by atoms with Crippen LogP contribution in [-0.4, -0.2) is 40.7 Å². The summed E-state index contributed by atoms with van der Waals surface area (Å²) in [5.41, 5.74) is 2.05. The zero-order valence-electron chi connectivity index (χ0n) is 18.9. The van der Waals surface area contributed by atoms with Crippen molar-refractivity contribution in [1.82, 2.24) is 14.5 Å². The van der Waals surface area contributed by atoms with E-state index in [9.17, 15) is 9.59 Å². The maximum atomic E-state index is 13.3. The van der Waals surface area contributed by atoms with Gasteiger partial charge in [-0.05, 0) is 57.0 Å². The first-order valence-electron chi connectivity index (χ1n) is 10.7. The number of para-hydroxylation sites is 1. The monoisotopic (exact) mass is 456 g/mol. The molecule has 3 rings (SSSR count). The number of methoxy groups -OCH3 is 1. The van der Waals surface area contributed by atoms with Crippen LogP contribution >= 0.6 is 11.6 Å². The predicted octanol–water partition coefficient (Wildman–Crippen LogP) is 5.01. The van der Waals surface area contributed by atoms with Crippen LogP contribution in [0.5, 0.6) is 0 Å². The van der Waals surface area contributed by atoms with Crippen molar-refractivity contribution in [3.05, 3.63) is 69.2 Å². The number of anilines is 1. The molecule has 3 aromatic rings. The number of fused-ring (bicyclic) bond motifs is 1. The van der Waals surface area contributed by atoms with Crippen molar-refractivity contribution in [2.45, 2.75) is 39.8 Å². The number of benzene rings is 2. The van der Waals surface area contributed by atoms with E-state index in [4.69, 9.17) is 21.3 Å². The van der Waals surface area contributed by atoms with Gasteiger partial charge in [0.25, 0.3) is 5.56 Å². The maximum Gasteiger partial charge on any atom is 0.322 e. The summed E-state index contributed by atoms with van der Waals surface area (Å²) in [4.78, 5) is 32.8. The summed E-state index contributed by atoms with van der Waals surface area (Å²) in [5.74, 6) is 0.547. The highest BCUT2D eigenvalue weighted by Gasteiger charge is 2.26. The molecule has 1 N–H and O–H groups in total. The van der Waals surface area contributed by atoms with Crippen LogP contribution in [0.2, 0.25) is 5.02 Å². The molecule has 1 atom stereocenters. The van der Waals surface area contributed by atoms with E-state index in [0.29, 0.717) is 53.6 Å². The third kappa shape index (κ3) is 5.11. The number of nitrogens with one attached hydrogen (secondary N) is 1. The number of urea groups is 1. The fraction of sp³-hybridized carbons (Fsp3) is 0.375. The molecule has 8 heteroatoms. The molecule has 32 heavy (non-hydrogen) atoms. The highest BCUT2D eigenvalue weighted by molar-refractivity contribution is 6.31. The summed E-state index contributed by atoms with van der Waals surface area (Å²) in [7, 11) is 1.63. The Morgan fingerprint density at radius 1 is 1.28 bits per heavy atom. The van der Waals surface area contributed by atoms with Gasteiger partial charge in [-0.15, -0.1) is 0 Å². The van der Waals surface area contributed by atoms with Crippen molar-refractivity contribution in [1.29, 1.82) is 0 Å². The molecule has 0 aliphatic carbocycles. The molecule has 0 spiro atoms. The van der Waals surface area contributed by atoms with E-state index in [1.807, 2.05) is 51.1 Å². The molecule has 1 aromatic heterocycles. The van der Waals surface area contributed by atoms with Crippen LogP contribution < -0.4 is 10.9 Å². The number of halogens is 1. The average molecular weight is 457 g/mol. The molecule has 2 amide bonds. The molecule has 170 valence electrons. The van der Waals surface area contributed by atoms with Gasteiger partial charge in [0, 0.05) is 37.5 Å². The number of carbonyl (C=O) groups excluding carboxylic acids is 1. The summed E-state index contributed by atoms with van der Waals surface area (Å²) in [5, 5.41) is 4.07. The molecule has 0 bridgehead atoms. The molecule has 0 saturated carbocycles. The Bertz CT molecular complexity index is 1160. The number of hydrogen-bond donors (Lipinski definition) is 1. The van der Waals surface area contributed by atoms with Crippen LogP contribution in [0.1, 0.15) is 37.7 Å². The average Bonchev–Trinajstić information content (AvgIpc) is 2.78. The van der Waals surface area contributed by atoms with Crippen LogP contribution in [0.15, 0.2) is 47.3 Å². The molecule has 1 heterocycles. The Morgan fingerprint density at radius 2 is 2.03 bits per heavy atom. The number of amides is 2. The van der Waals surface area contributed by atoms with E-state index in [-0.39, 0.29) is 11.6 Å². The van der Waals surface area contributed by atoms with E-state index in [1.165, 1.54) is 0 Å². The topological polar surface area (TPSA) is 76.5 Å². The zero-order chi connectivity index (χ0) is 23.3. The van der Waals surface area contributed by atoms with E-state index in [2.05, 4.69) is 5.32 Å². The molecule has 7 nitrogen and oxygen atoms in total. The smallest absolute Gasteiger partial charge is 0.322 e. The van der Waals surface area contributed by atoms with Gasteiger partial charge in [-0.25, -0.2) is 9.78 Å². The lowest BCUT2D eigenvalue weighted by atomic mass is 10.2. The first kappa shape index (κ1) is 23.8. The summed E-state index contributed by atoms with van der Waals surface area (Å²) in [6, 6.07) is 11.9. The number of hydrogen-bond acceptors (Lipinski definition) is 4. The Balaban J connectivity index is 1.98. The van der Waals surface area contributed by atoms with Crippen LogP contribution in [-0.2, 0) is 11.3 Å². The standard InChI is InChI=1S/C24H29ClN4O3/c1-5-28-22(27-21-10-7-6-9-19(21)23(28)30)17(3)29(13-8-14-32-4)24(31)26-18-12-11-16(2)20(25)15-18/h6-7,9-12,15,17H,5,8,13-14H2,1-4H3,(H,26,31). The largest absolute Gasteiger partial charge is 0.385 e. The van der Waals surface area contributed by atoms with E-state index < -0.39 is 6.04 Å².